The topological polar surface area (TPSA) is 88.4 Å². The minimum Gasteiger partial charge on any atom is -0.497 e. The van der Waals surface area contributed by atoms with Gasteiger partial charge in [0.05, 0.1) is 46.2 Å². The van der Waals surface area contributed by atoms with Gasteiger partial charge in [-0.1, -0.05) is 77.5 Å². The van der Waals surface area contributed by atoms with Crippen molar-refractivity contribution in [3.8, 4) is 17.2 Å². The molecule has 1 aliphatic heterocycles. The first kappa shape index (κ1) is 33.5. The van der Waals surface area contributed by atoms with Crippen LogP contribution < -0.4 is 29.1 Å². The highest BCUT2D eigenvalue weighted by atomic mass is 127. The van der Waals surface area contributed by atoms with Crippen molar-refractivity contribution < 1.29 is 23.7 Å². The van der Waals surface area contributed by atoms with E-state index in [1.165, 1.54) is 11.3 Å². The summed E-state index contributed by atoms with van der Waals surface area (Å²) in [4.78, 5) is 33.4. The van der Waals surface area contributed by atoms with Gasteiger partial charge in [-0.25, -0.2) is 9.79 Å². The second-order valence-electron chi connectivity index (χ2n) is 10.7. The van der Waals surface area contributed by atoms with Crippen molar-refractivity contribution in [1.29, 1.82) is 0 Å². The summed E-state index contributed by atoms with van der Waals surface area (Å²) in [6, 6.07) is 27.2. The molecule has 0 fully saturated rings. The van der Waals surface area contributed by atoms with Gasteiger partial charge in [-0.15, -0.1) is 0 Å². The molecule has 8 nitrogen and oxygen atoms in total. The van der Waals surface area contributed by atoms with Gasteiger partial charge in [0.15, 0.2) is 16.3 Å². The van der Waals surface area contributed by atoms with E-state index < -0.39 is 12.0 Å². The molecule has 0 radical (unpaired) electrons. The molecule has 2 heterocycles. The van der Waals surface area contributed by atoms with Crippen molar-refractivity contribution in [3.05, 3.63) is 147 Å². The number of benzene rings is 4. The Kier molecular flexibility index (Phi) is 10.3. The third-order valence-corrected chi connectivity index (χ3v) is 9.69. The van der Waals surface area contributed by atoms with Gasteiger partial charge in [0.1, 0.15) is 12.4 Å². The minimum absolute atomic E-state index is 0.171. The first-order chi connectivity index (χ1) is 23.3. The van der Waals surface area contributed by atoms with Crippen LogP contribution in [0.2, 0.25) is 5.02 Å². The van der Waals surface area contributed by atoms with Gasteiger partial charge in [0, 0.05) is 10.6 Å². The van der Waals surface area contributed by atoms with Gasteiger partial charge in [-0.2, -0.15) is 0 Å². The molecule has 0 N–H and O–H groups in total. The van der Waals surface area contributed by atoms with Gasteiger partial charge in [0.2, 0.25) is 0 Å². The van der Waals surface area contributed by atoms with Crippen LogP contribution in [-0.4, -0.2) is 31.4 Å². The van der Waals surface area contributed by atoms with E-state index in [-0.39, 0.29) is 17.7 Å². The molecule has 0 saturated heterocycles. The van der Waals surface area contributed by atoms with Crippen LogP contribution in [0, 0.1) is 3.57 Å². The molecular weight excluding hydrogens is 763 g/mol. The summed E-state index contributed by atoms with van der Waals surface area (Å²) in [6.07, 6.45) is 1.80. The van der Waals surface area contributed by atoms with E-state index in [1.807, 2.05) is 78.9 Å². The number of thiazole rings is 1. The summed E-state index contributed by atoms with van der Waals surface area (Å²) < 4.78 is 25.6. The van der Waals surface area contributed by atoms with Crippen LogP contribution >= 0.6 is 45.5 Å². The molecule has 0 aliphatic carbocycles. The summed E-state index contributed by atoms with van der Waals surface area (Å²) in [5.41, 5.74) is 3.62. The number of carbonyl (C=O) groups excluding carboxylic acids is 1. The number of nitrogens with zero attached hydrogens (tertiary/aromatic N) is 2. The second-order valence-corrected chi connectivity index (χ2v) is 13.3. The zero-order chi connectivity index (χ0) is 33.8. The third kappa shape index (κ3) is 6.92. The molecule has 0 spiro atoms. The predicted octanol–water partition coefficient (Wildman–Crippen LogP) is 6.79. The van der Waals surface area contributed by atoms with Crippen LogP contribution in [0.1, 0.15) is 35.2 Å². The summed E-state index contributed by atoms with van der Waals surface area (Å²) in [5.74, 6) is 1.24. The van der Waals surface area contributed by atoms with Crippen LogP contribution in [0.25, 0.3) is 11.8 Å². The highest BCUT2D eigenvalue weighted by molar-refractivity contribution is 14.1. The largest absolute Gasteiger partial charge is 0.497 e. The van der Waals surface area contributed by atoms with Crippen molar-refractivity contribution in [2.75, 3.05) is 20.8 Å². The zero-order valence-corrected chi connectivity index (χ0v) is 30.0. The van der Waals surface area contributed by atoms with Crippen LogP contribution in [0.3, 0.4) is 0 Å². The van der Waals surface area contributed by atoms with Crippen LogP contribution in [0.15, 0.2) is 106 Å². The number of fused-ring (bicyclic) bond motifs is 1. The first-order valence-corrected chi connectivity index (χ1v) is 17.3. The highest BCUT2D eigenvalue weighted by Crippen LogP contribution is 2.37. The first-order valence-electron chi connectivity index (χ1n) is 15.0. The van der Waals surface area contributed by atoms with Crippen LogP contribution in [0.5, 0.6) is 17.2 Å². The van der Waals surface area contributed by atoms with Crippen molar-refractivity contribution in [1.82, 2.24) is 4.57 Å². The number of hydrogen-bond acceptors (Lipinski definition) is 8. The summed E-state index contributed by atoms with van der Waals surface area (Å²) in [7, 11) is 3.17. The van der Waals surface area contributed by atoms with E-state index in [9.17, 15) is 9.59 Å². The number of ether oxygens (including phenoxy) is 4. The Morgan fingerprint density at radius 1 is 1.00 bits per heavy atom. The normalized spacial score (nSPS) is 14.3. The van der Waals surface area contributed by atoms with E-state index in [0.29, 0.717) is 49.5 Å². The number of aromatic nitrogens is 1. The average molecular weight is 793 g/mol. The monoisotopic (exact) mass is 792 g/mol. The molecule has 1 aliphatic rings. The Morgan fingerprint density at radius 3 is 2.40 bits per heavy atom. The molecule has 5 aromatic rings. The molecule has 6 rings (SSSR count). The van der Waals surface area contributed by atoms with E-state index in [0.717, 1.165) is 20.3 Å². The number of hydrogen-bond donors (Lipinski definition) is 0. The van der Waals surface area contributed by atoms with Gasteiger partial charge < -0.3 is 18.9 Å². The lowest BCUT2D eigenvalue weighted by atomic mass is 9.93. The third-order valence-electron chi connectivity index (χ3n) is 7.65. The van der Waals surface area contributed by atoms with Crippen LogP contribution in [0.4, 0.5) is 0 Å². The maximum Gasteiger partial charge on any atom is 0.338 e. The minimum atomic E-state index is -0.790. The van der Waals surface area contributed by atoms with E-state index in [1.54, 1.807) is 43.9 Å². The Hall–Kier alpha value is -4.39. The predicted molar refractivity (Wildman–Crippen MR) is 196 cm³/mol. The molecule has 1 aromatic heterocycles. The average Bonchev–Trinajstić information content (AvgIpc) is 3.41. The summed E-state index contributed by atoms with van der Waals surface area (Å²) in [5, 5.41) is 0.657. The maximum absolute atomic E-state index is 14.3. The number of methoxy groups -OCH3 is 2. The van der Waals surface area contributed by atoms with Gasteiger partial charge in [-0.3, -0.25) is 9.36 Å². The maximum atomic E-state index is 14.3. The quantitative estimate of drug-likeness (QED) is 0.114. The molecule has 4 aromatic carbocycles. The number of rotatable bonds is 10. The molecule has 0 amide bonds. The smallest absolute Gasteiger partial charge is 0.338 e. The molecule has 48 heavy (non-hydrogen) atoms. The fourth-order valence-corrected chi connectivity index (χ4v) is 7.30. The SMILES string of the molecule is CCOC(=O)C1=C(c2ccccc2)N=c2s/c(=C\c3cc(I)c(OCc4ccc(Cl)cc4)c(OC)c3)c(=O)n2[C@H]1c1ccc(OC)cc1. The fraction of sp³-hybridized carbons (Fsp3) is 0.162. The van der Waals surface area contributed by atoms with Gasteiger partial charge in [0.25, 0.3) is 5.56 Å². The summed E-state index contributed by atoms with van der Waals surface area (Å²) >= 11 is 9.48. The second kappa shape index (κ2) is 14.8. The van der Waals surface area contributed by atoms with Crippen molar-refractivity contribution >= 4 is 63.3 Å². The standard InChI is InChI=1S/C37H30ClIN2O6S/c1-4-46-36(43)31-32(24-8-6-5-7-9-24)40-37-41(33(31)25-12-16-27(44-2)17-13-25)35(42)30(48-37)20-23-18-28(39)34(29(19-23)45-3)47-21-22-10-14-26(38)15-11-22/h5-20,33H,4,21H2,1-3H3/b30-20-/t33-/m0/s1. The number of carbonyl (C=O) groups is 1. The Morgan fingerprint density at radius 2 is 1.73 bits per heavy atom. The molecule has 1 atom stereocenters. The lowest BCUT2D eigenvalue weighted by Gasteiger charge is -2.26. The van der Waals surface area contributed by atoms with Gasteiger partial charge in [-0.05, 0) is 88.7 Å². The molecule has 0 bridgehead atoms. The van der Waals surface area contributed by atoms with E-state index in [4.69, 9.17) is 35.5 Å². The van der Waals surface area contributed by atoms with E-state index in [2.05, 4.69) is 22.6 Å². The number of esters is 1. The molecule has 244 valence electrons. The Balaban J connectivity index is 1.49. The van der Waals surface area contributed by atoms with Crippen LogP contribution in [-0.2, 0) is 16.1 Å². The van der Waals surface area contributed by atoms with E-state index >= 15 is 0 Å². The van der Waals surface area contributed by atoms with Crippen molar-refractivity contribution in [2.45, 2.75) is 19.6 Å². The highest BCUT2D eigenvalue weighted by Gasteiger charge is 2.35. The molecule has 0 saturated carbocycles. The Bertz CT molecular complexity index is 2180. The fourth-order valence-electron chi connectivity index (χ4n) is 5.39. The molecule has 0 unspecified atom stereocenters. The lowest BCUT2D eigenvalue weighted by Crippen LogP contribution is -2.40. The van der Waals surface area contributed by atoms with Gasteiger partial charge >= 0.3 is 5.97 Å². The van der Waals surface area contributed by atoms with Crippen molar-refractivity contribution in [3.63, 3.8) is 0 Å². The molecule has 11 heteroatoms. The zero-order valence-electron chi connectivity index (χ0n) is 26.2. The summed E-state index contributed by atoms with van der Waals surface area (Å²) in [6.45, 7) is 2.26. The molecular formula is C37H30ClIN2O6S. The Labute approximate surface area is 299 Å². The van der Waals surface area contributed by atoms with Crippen molar-refractivity contribution in [2.24, 2.45) is 4.99 Å². The lowest BCUT2D eigenvalue weighted by molar-refractivity contribution is -0.138. The number of halogens is 2.